The van der Waals surface area contributed by atoms with Crippen molar-refractivity contribution >= 4 is 52.4 Å². The fourth-order valence-electron chi connectivity index (χ4n) is 12.1. The van der Waals surface area contributed by atoms with Crippen molar-refractivity contribution in [3.05, 3.63) is 124 Å². The van der Waals surface area contributed by atoms with Crippen LogP contribution in [0.5, 0.6) is 11.8 Å². The number of piperazine rings is 1. The van der Waals surface area contributed by atoms with Gasteiger partial charge in [-0.1, -0.05) is 68.4 Å². The Kier molecular flexibility index (Phi) is 16.1. The number of aromatic nitrogens is 3. The third-order valence-electron chi connectivity index (χ3n) is 16.7. The van der Waals surface area contributed by atoms with E-state index >= 15 is 4.39 Å². The number of nitrogens with zero attached hydrogens (tertiary/aromatic N) is 6. The molecule has 9 N–H and O–H groups in total. The van der Waals surface area contributed by atoms with Crippen LogP contribution in [0.25, 0.3) is 33.3 Å². The Labute approximate surface area is 471 Å². The summed E-state index contributed by atoms with van der Waals surface area (Å²) in [6.07, 6.45) is 9.81. The average molecular weight is 1100 g/mol. The summed E-state index contributed by atoms with van der Waals surface area (Å²) in [7, 11) is 0. The van der Waals surface area contributed by atoms with Gasteiger partial charge < -0.3 is 56.7 Å². The van der Waals surface area contributed by atoms with Crippen LogP contribution in [0, 0.1) is 31.0 Å². The van der Waals surface area contributed by atoms with Gasteiger partial charge in [0.2, 0.25) is 11.9 Å². The van der Waals surface area contributed by atoms with Crippen molar-refractivity contribution in [2.45, 2.75) is 121 Å². The second kappa shape index (κ2) is 23.7. The molecule has 0 spiro atoms. The predicted molar refractivity (Wildman–Crippen MR) is 310 cm³/mol. The number of ether oxygens (including phenoxy) is 3. The number of amides is 2. The van der Waals surface area contributed by atoms with Crippen LogP contribution in [0.4, 0.5) is 15.9 Å². The Hall–Kier alpha value is -7.87. The van der Waals surface area contributed by atoms with Crippen molar-refractivity contribution in [3.63, 3.8) is 0 Å². The van der Waals surface area contributed by atoms with E-state index in [1.807, 2.05) is 81.4 Å². The summed E-state index contributed by atoms with van der Waals surface area (Å²) < 4.78 is 35.4. The average Bonchev–Trinajstić information content (AvgIpc) is 4.06. The standard InChI is InChI=1S/C62H71FN12O6/c1-34(2)55(61(78)74-22-6-8-52(74)60(77)70-51(32-76)40-15-17-41(18-16-40)56-35(3)7-5-21-67-56)69-30-50(73-66)39-11-9-37(10-12-39)33-80-58-54(53-36(4)48(63)27-49(65)47(53)28-64)45(38-13-14-38)26-46-57(58)71-62(81-44-19-23-79-24-20-44)72-59(46)75-31-42-25-43(75)29-68-42/h5,7,9-12,15-18,21,26-28,30,34,38,42-44,51-52,55,64,68,76H,6,8,13-14,19-20,22-25,29,31-33,65-66H2,1-4H3,(H,70,77)/p+1/b64-28?,69-30?,73-50+/t42-,43-,51-,52-,55-/m0/s1. The molecule has 4 aromatic carbocycles. The van der Waals surface area contributed by atoms with Gasteiger partial charge in [-0.3, -0.25) is 14.6 Å². The molecule has 4 saturated heterocycles. The number of likely N-dealkylation sites (tertiary alicyclic amines) is 1. The number of rotatable bonds is 19. The number of halogens is 1. The fourth-order valence-corrected chi connectivity index (χ4v) is 12.1. The second-order valence-corrected chi connectivity index (χ2v) is 22.5. The minimum absolute atomic E-state index is 0.0800. The van der Waals surface area contributed by atoms with Crippen LogP contribution in [-0.2, 0) is 20.9 Å². The largest absolute Gasteiger partial charge is 0.486 e. The van der Waals surface area contributed by atoms with Gasteiger partial charge in [-0.15, -0.1) is 0 Å². The Bertz CT molecular complexity index is 3400. The van der Waals surface area contributed by atoms with E-state index in [0.717, 1.165) is 77.1 Å². The number of aliphatic hydroxyl groups is 1. The fraction of sp³-hybridized carbons (Fsp3) is 0.419. The maximum absolute atomic E-state index is 16.0. The van der Waals surface area contributed by atoms with Crippen LogP contribution >= 0.6 is 0 Å². The van der Waals surface area contributed by atoms with E-state index in [4.69, 9.17) is 41.2 Å². The third-order valence-corrected chi connectivity index (χ3v) is 16.7. The van der Waals surface area contributed by atoms with Crippen LogP contribution in [0.3, 0.4) is 0 Å². The van der Waals surface area contributed by atoms with Gasteiger partial charge in [0.05, 0.1) is 31.6 Å². The molecule has 5 fully saturated rings. The number of nitrogen functional groups attached to an aromatic ring is 1. The van der Waals surface area contributed by atoms with Crippen molar-refractivity contribution in [1.29, 1.82) is 5.41 Å². The van der Waals surface area contributed by atoms with Crippen LogP contribution in [0.15, 0.2) is 84.1 Å². The molecule has 6 heterocycles. The number of benzene rings is 4. The number of nitrogens with one attached hydrogen (secondary N) is 4. The molecule has 6 aromatic rings. The molecule has 1 saturated carbocycles. The van der Waals surface area contributed by atoms with Gasteiger partial charge in [0.1, 0.15) is 35.9 Å². The third kappa shape index (κ3) is 11.3. The molecule has 2 bridgehead atoms. The maximum atomic E-state index is 16.0. The predicted octanol–water partition coefficient (Wildman–Crippen LogP) is 5.94. The van der Waals surface area contributed by atoms with E-state index in [1.165, 1.54) is 12.3 Å². The SMILES string of the molecule is Cc1cccnc1-c1ccc([C@H](CO)NC(=O)[C@@H]2CCCN2C(=O)[C@@H]([NH+]=C/C(=N\N)c2ccc(COc3c(-c4c(C)c(F)cc(N)c4C=N)c(C4CC4)cc4c(N5C[C@@H]6C[C@H]5CN6)nc(OC5CCOCC5)nc34)cc2)C(C)C)cc1. The Morgan fingerprint density at radius 3 is 2.48 bits per heavy atom. The van der Waals surface area contributed by atoms with Gasteiger partial charge in [0.25, 0.3) is 5.91 Å². The molecule has 422 valence electrons. The van der Waals surface area contributed by atoms with Crippen molar-refractivity contribution in [1.82, 2.24) is 30.5 Å². The number of aryl methyl sites for hydroxylation is 1. The summed E-state index contributed by atoms with van der Waals surface area (Å²) in [5.74, 6) is 6.18. The highest BCUT2D eigenvalue weighted by Gasteiger charge is 2.43. The normalized spacial score (nSPS) is 20.1. The molecule has 4 aliphatic heterocycles. The zero-order valence-corrected chi connectivity index (χ0v) is 46.4. The second-order valence-electron chi connectivity index (χ2n) is 22.5. The first-order chi connectivity index (χ1) is 39.3. The van der Waals surface area contributed by atoms with E-state index in [1.54, 1.807) is 24.2 Å². The first-order valence-corrected chi connectivity index (χ1v) is 28.4. The molecular formula is C62H72FN12O6+. The summed E-state index contributed by atoms with van der Waals surface area (Å²) in [4.78, 5) is 50.5. The van der Waals surface area contributed by atoms with E-state index < -0.39 is 23.9 Å². The number of hydrogen-bond donors (Lipinski definition) is 7. The smallest absolute Gasteiger partial charge is 0.319 e. The van der Waals surface area contributed by atoms with Crippen molar-refractivity contribution in [2.24, 2.45) is 16.9 Å². The Morgan fingerprint density at radius 2 is 1.81 bits per heavy atom. The molecular weight excluding hydrogens is 1030 g/mol. The van der Waals surface area contributed by atoms with E-state index in [-0.39, 0.29) is 60.7 Å². The number of aliphatic hydroxyl groups excluding tert-OH is 1. The molecule has 5 aliphatic rings. The number of carbonyl (C=O) groups excluding carboxylic acids is 2. The summed E-state index contributed by atoms with van der Waals surface area (Å²) in [6.45, 7) is 10.5. The molecule has 11 rings (SSSR count). The minimum Gasteiger partial charge on any atom is -0.486 e. The van der Waals surface area contributed by atoms with Crippen LogP contribution < -0.4 is 41.6 Å². The number of anilines is 2. The van der Waals surface area contributed by atoms with Crippen molar-refractivity contribution in [3.8, 4) is 34.1 Å². The zero-order chi connectivity index (χ0) is 56.5. The summed E-state index contributed by atoms with van der Waals surface area (Å²) in [5.41, 5.74) is 15.5. The quantitative estimate of drug-likeness (QED) is 0.0215. The minimum atomic E-state index is -0.721. The molecule has 18 nitrogen and oxygen atoms in total. The van der Waals surface area contributed by atoms with Crippen LogP contribution in [-0.4, -0.2) is 125 Å². The number of nitrogens with two attached hydrogens (primary N) is 2. The molecule has 81 heavy (non-hydrogen) atoms. The molecule has 2 amide bonds. The molecule has 2 aromatic heterocycles. The molecule has 0 unspecified atom stereocenters. The number of carbonyl (C=O) groups is 2. The van der Waals surface area contributed by atoms with E-state index in [0.29, 0.717) is 96.3 Å². The van der Waals surface area contributed by atoms with Crippen LogP contribution in [0.1, 0.15) is 110 Å². The zero-order valence-electron chi connectivity index (χ0n) is 46.4. The van der Waals surface area contributed by atoms with Crippen molar-refractivity contribution in [2.75, 3.05) is 50.1 Å². The Balaban J connectivity index is 0.856. The van der Waals surface area contributed by atoms with Gasteiger partial charge in [0, 0.05) is 102 Å². The van der Waals surface area contributed by atoms with Crippen LogP contribution in [0.2, 0.25) is 0 Å². The van der Waals surface area contributed by atoms with Gasteiger partial charge in [-0.25, -0.2) is 9.38 Å². The number of fused-ring (bicyclic) bond motifs is 3. The highest BCUT2D eigenvalue weighted by Crippen LogP contribution is 2.53. The first kappa shape index (κ1) is 55.1. The monoisotopic (exact) mass is 1100 g/mol. The lowest BCUT2D eigenvalue weighted by Gasteiger charge is -2.31. The molecule has 5 atom stereocenters. The van der Waals surface area contributed by atoms with Gasteiger partial charge in [-0.2, -0.15) is 15.1 Å². The lowest BCUT2D eigenvalue weighted by molar-refractivity contribution is -0.491. The number of pyridine rings is 1. The van der Waals surface area contributed by atoms with Gasteiger partial charge >= 0.3 is 6.01 Å². The van der Waals surface area contributed by atoms with Crippen molar-refractivity contribution < 1.29 is 38.3 Å². The maximum Gasteiger partial charge on any atom is 0.319 e. The number of hydrazone groups is 1. The summed E-state index contributed by atoms with van der Waals surface area (Å²) in [6, 6.07) is 21.2. The lowest BCUT2D eigenvalue weighted by atomic mass is 9.87. The van der Waals surface area contributed by atoms with E-state index in [2.05, 4.69) is 36.7 Å². The lowest BCUT2D eigenvalue weighted by Crippen LogP contribution is -2.83. The number of hydrogen-bond acceptors (Lipinski definition) is 15. The van der Waals surface area contributed by atoms with E-state index in [9.17, 15) is 14.7 Å². The molecule has 0 radical (unpaired) electrons. The van der Waals surface area contributed by atoms with Gasteiger partial charge in [-0.05, 0) is 97.9 Å². The summed E-state index contributed by atoms with van der Waals surface area (Å²) >= 11 is 0. The first-order valence-electron chi connectivity index (χ1n) is 28.4. The molecule has 19 heteroatoms. The highest BCUT2D eigenvalue weighted by atomic mass is 19.1. The summed E-state index contributed by atoms with van der Waals surface area (Å²) in [5, 5.41) is 30.6. The Morgan fingerprint density at radius 1 is 1.04 bits per heavy atom. The highest BCUT2D eigenvalue weighted by molar-refractivity contribution is 6.36. The van der Waals surface area contributed by atoms with Gasteiger partial charge in [0.15, 0.2) is 17.7 Å². The molecule has 1 aliphatic carbocycles. The topological polar surface area (TPSA) is 253 Å².